The molecular formula is C52H34N4. The molecule has 0 atom stereocenters. The fourth-order valence-electron chi connectivity index (χ4n) is 8.95. The molecular weight excluding hydrogens is 681 g/mol. The van der Waals surface area contributed by atoms with Crippen molar-refractivity contribution in [2.24, 2.45) is 0 Å². The van der Waals surface area contributed by atoms with E-state index in [2.05, 4.69) is 150 Å². The fourth-order valence-corrected chi connectivity index (χ4v) is 8.95. The largest absolute Gasteiger partial charge is 0.309 e. The monoisotopic (exact) mass is 714 g/mol. The molecule has 0 N–H and O–H groups in total. The van der Waals surface area contributed by atoms with Crippen molar-refractivity contribution in [3.8, 4) is 51.0 Å². The molecule has 11 rings (SSSR count). The summed E-state index contributed by atoms with van der Waals surface area (Å²) in [5.74, 6) is 1.93. The van der Waals surface area contributed by atoms with Gasteiger partial charge in [0.15, 0.2) is 17.5 Å². The van der Waals surface area contributed by atoms with Crippen LogP contribution < -0.4 is 0 Å². The van der Waals surface area contributed by atoms with Crippen LogP contribution in [0.4, 0.5) is 0 Å². The van der Waals surface area contributed by atoms with Gasteiger partial charge in [0.2, 0.25) is 0 Å². The molecule has 0 saturated heterocycles. The van der Waals surface area contributed by atoms with Crippen LogP contribution in [0.5, 0.6) is 0 Å². The minimum Gasteiger partial charge on any atom is -0.309 e. The van der Waals surface area contributed by atoms with E-state index in [1.807, 2.05) is 60.7 Å². The Balaban J connectivity index is 1.15. The van der Waals surface area contributed by atoms with Gasteiger partial charge >= 0.3 is 0 Å². The van der Waals surface area contributed by atoms with Crippen molar-refractivity contribution in [3.63, 3.8) is 0 Å². The van der Waals surface area contributed by atoms with E-state index in [1.54, 1.807) is 0 Å². The number of rotatable bonds is 6. The summed E-state index contributed by atoms with van der Waals surface area (Å²) in [5, 5.41) is 2.45. The Labute approximate surface area is 325 Å². The molecule has 4 nitrogen and oxygen atoms in total. The predicted molar refractivity (Wildman–Crippen MR) is 228 cm³/mol. The van der Waals surface area contributed by atoms with Crippen LogP contribution in [-0.2, 0) is 5.41 Å². The van der Waals surface area contributed by atoms with Gasteiger partial charge in [-0.1, -0.05) is 176 Å². The second-order valence-corrected chi connectivity index (χ2v) is 14.3. The Kier molecular flexibility index (Phi) is 7.36. The Morgan fingerprint density at radius 2 is 0.839 bits per heavy atom. The molecule has 4 heteroatoms. The van der Waals surface area contributed by atoms with Crippen molar-refractivity contribution in [2.45, 2.75) is 5.41 Å². The molecule has 56 heavy (non-hydrogen) atoms. The van der Waals surface area contributed by atoms with Crippen LogP contribution in [0.25, 0.3) is 72.8 Å². The van der Waals surface area contributed by atoms with Crippen molar-refractivity contribution in [1.82, 2.24) is 19.5 Å². The number of para-hydroxylation sites is 1. The molecule has 262 valence electrons. The van der Waals surface area contributed by atoms with Crippen LogP contribution in [0.2, 0.25) is 0 Å². The maximum atomic E-state index is 5.01. The zero-order valence-corrected chi connectivity index (χ0v) is 30.4. The summed E-state index contributed by atoms with van der Waals surface area (Å²) in [6, 6.07) is 73.4. The number of nitrogens with zero attached hydrogens (tertiary/aromatic N) is 4. The smallest absolute Gasteiger partial charge is 0.164 e. The Bertz CT molecular complexity index is 2950. The van der Waals surface area contributed by atoms with E-state index >= 15 is 0 Å². The molecule has 0 spiro atoms. The summed E-state index contributed by atoms with van der Waals surface area (Å²) >= 11 is 0. The van der Waals surface area contributed by atoms with Gasteiger partial charge in [0.05, 0.1) is 16.4 Å². The highest BCUT2D eigenvalue weighted by Crippen LogP contribution is 2.58. The predicted octanol–water partition coefficient (Wildman–Crippen LogP) is 12.3. The lowest BCUT2D eigenvalue weighted by Crippen LogP contribution is -2.28. The number of aromatic nitrogens is 4. The van der Waals surface area contributed by atoms with Gasteiger partial charge in [-0.2, -0.15) is 0 Å². The minimum absolute atomic E-state index is 0.487. The van der Waals surface area contributed by atoms with Gasteiger partial charge in [0.1, 0.15) is 0 Å². The van der Waals surface area contributed by atoms with Crippen molar-refractivity contribution in [2.75, 3.05) is 0 Å². The maximum Gasteiger partial charge on any atom is 0.164 e. The first-order valence-corrected chi connectivity index (χ1v) is 19.0. The van der Waals surface area contributed by atoms with E-state index in [0.717, 1.165) is 27.9 Å². The van der Waals surface area contributed by atoms with Gasteiger partial charge in [0, 0.05) is 38.7 Å². The van der Waals surface area contributed by atoms with E-state index in [-0.39, 0.29) is 0 Å². The third-order valence-electron chi connectivity index (χ3n) is 11.3. The van der Waals surface area contributed by atoms with Crippen molar-refractivity contribution < 1.29 is 0 Å². The highest BCUT2D eigenvalue weighted by Gasteiger charge is 2.47. The van der Waals surface area contributed by atoms with E-state index in [4.69, 9.17) is 15.0 Å². The number of benzene rings is 8. The van der Waals surface area contributed by atoms with E-state index in [9.17, 15) is 0 Å². The summed E-state index contributed by atoms with van der Waals surface area (Å²) in [4.78, 5) is 14.9. The van der Waals surface area contributed by atoms with Crippen molar-refractivity contribution >= 4 is 21.8 Å². The lowest BCUT2D eigenvalue weighted by molar-refractivity contribution is 0.769. The van der Waals surface area contributed by atoms with E-state index in [1.165, 1.54) is 49.7 Å². The van der Waals surface area contributed by atoms with Gasteiger partial charge in [-0.15, -0.1) is 0 Å². The van der Waals surface area contributed by atoms with Crippen LogP contribution in [0.1, 0.15) is 22.3 Å². The lowest BCUT2D eigenvalue weighted by atomic mass is 9.67. The number of fused-ring (bicyclic) bond motifs is 7. The van der Waals surface area contributed by atoms with Crippen molar-refractivity contribution in [3.05, 3.63) is 229 Å². The molecule has 1 aliphatic carbocycles. The number of hydrogen-bond donors (Lipinski definition) is 0. The molecule has 2 aromatic heterocycles. The lowest BCUT2D eigenvalue weighted by Gasteiger charge is -2.33. The third kappa shape index (κ3) is 4.83. The molecule has 0 fully saturated rings. The minimum atomic E-state index is -0.487. The first kappa shape index (κ1) is 32.0. The maximum absolute atomic E-state index is 5.01. The van der Waals surface area contributed by atoms with Crippen molar-refractivity contribution in [1.29, 1.82) is 0 Å². The molecule has 0 aliphatic heterocycles. The summed E-state index contributed by atoms with van der Waals surface area (Å²) in [6.07, 6.45) is 0. The highest BCUT2D eigenvalue weighted by molar-refractivity contribution is 6.16. The summed E-state index contributed by atoms with van der Waals surface area (Å²) < 4.78 is 2.45. The molecule has 8 aromatic carbocycles. The average molecular weight is 715 g/mol. The van der Waals surface area contributed by atoms with Crippen LogP contribution >= 0.6 is 0 Å². The molecule has 1 aliphatic rings. The normalized spacial score (nSPS) is 12.8. The fraction of sp³-hybridized carbons (Fsp3) is 0.0192. The standard InChI is InChI=1S/C52H34N4/c1-5-17-35(18-6-1)49-53-50(36-19-7-2-8-20-36)55-51(54-49)37-29-31-40(32-30-37)56-46-28-16-14-25-41(46)42-33-34-45-47(48(42)56)43-26-13-15-27-44(43)52(45,38-21-9-3-10-22-38)39-23-11-4-12-24-39/h1-34H. The second kappa shape index (κ2) is 12.9. The quantitative estimate of drug-likeness (QED) is 0.172. The van der Waals surface area contributed by atoms with Crippen LogP contribution in [0.15, 0.2) is 206 Å². The van der Waals surface area contributed by atoms with Gasteiger partial charge < -0.3 is 4.57 Å². The van der Waals surface area contributed by atoms with Gasteiger partial charge in [-0.25, -0.2) is 15.0 Å². The van der Waals surface area contributed by atoms with E-state index < -0.39 is 5.41 Å². The van der Waals surface area contributed by atoms with E-state index in [0.29, 0.717) is 17.5 Å². The van der Waals surface area contributed by atoms with Crippen LogP contribution in [0.3, 0.4) is 0 Å². The molecule has 2 heterocycles. The van der Waals surface area contributed by atoms with Gasteiger partial charge in [-0.3, -0.25) is 0 Å². The SMILES string of the molecule is c1ccc(-c2nc(-c3ccccc3)nc(-c3ccc(-n4c5ccccc5c5ccc6c(c54)-c4ccccc4C6(c4ccccc4)c4ccccc4)cc3)n2)cc1. The summed E-state index contributed by atoms with van der Waals surface area (Å²) in [7, 11) is 0. The molecule has 10 aromatic rings. The van der Waals surface area contributed by atoms with Gasteiger partial charge in [-0.05, 0) is 58.1 Å². The van der Waals surface area contributed by atoms with Crippen LogP contribution in [-0.4, -0.2) is 19.5 Å². The zero-order chi connectivity index (χ0) is 37.1. The topological polar surface area (TPSA) is 43.6 Å². The van der Waals surface area contributed by atoms with Gasteiger partial charge in [0.25, 0.3) is 0 Å². The molecule has 0 saturated carbocycles. The molecule has 0 unspecified atom stereocenters. The summed E-state index contributed by atoms with van der Waals surface area (Å²) in [6.45, 7) is 0. The second-order valence-electron chi connectivity index (χ2n) is 14.3. The first-order valence-electron chi connectivity index (χ1n) is 19.0. The molecule has 0 amide bonds. The Hall–Kier alpha value is -7.43. The first-order chi connectivity index (χ1) is 27.8. The molecule has 0 bridgehead atoms. The third-order valence-corrected chi connectivity index (χ3v) is 11.3. The zero-order valence-electron chi connectivity index (χ0n) is 30.4. The molecule has 0 radical (unpaired) electrons. The highest BCUT2D eigenvalue weighted by atomic mass is 15.0. The Morgan fingerprint density at radius 3 is 1.43 bits per heavy atom. The number of hydrogen-bond acceptors (Lipinski definition) is 3. The summed E-state index contributed by atoms with van der Waals surface area (Å²) in [5.41, 5.74) is 13.4. The Morgan fingerprint density at radius 1 is 0.357 bits per heavy atom. The average Bonchev–Trinajstić information content (AvgIpc) is 3.78. The van der Waals surface area contributed by atoms with Crippen LogP contribution in [0, 0.1) is 0 Å².